The van der Waals surface area contributed by atoms with Crippen molar-refractivity contribution in [1.82, 2.24) is 15.3 Å². The van der Waals surface area contributed by atoms with Crippen LogP contribution in [-0.2, 0) is 17.6 Å². The number of nitrogens with one attached hydrogen (secondary N) is 1. The van der Waals surface area contributed by atoms with Crippen LogP contribution in [0.25, 0.3) is 0 Å². The zero-order valence-corrected chi connectivity index (χ0v) is 12.5. The van der Waals surface area contributed by atoms with Crippen LogP contribution in [-0.4, -0.2) is 30.2 Å². The Bertz CT molecular complexity index is 502. The molecule has 2 aromatic rings. The summed E-state index contributed by atoms with van der Waals surface area (Å²) in [6.45, 7) is 1.53. The first-order chi connectivity index (χ1) is 9.38. The minimum absolute atomic E-state index is 0.165. The van der Waals surface area contributed by atoms with Gasteiger partial charge in [-0.3, -0.25) is 4.98 Å². The monoisotopic (exact) mass is 295 g/mol. The van der Waals surface area contributed by atoms with Crippen molar-refractivity contribution < 1.29 is 4.74 Å². The van der Waals surface area contributed by atoms with Crippen LogP contribution in [0.1, 0.15) is 32.9 Å². The second-order valence-electron chi connectivity index (χ2n) is 4.56. The molecule has 0 spiro atoms. The van der Waals surface area contributed by atoms with Crippen molar-refractivity contribution in [3.05, 3.63) is 32.2 Å². The molecule has 6 heteroatoms. The molecular weight excluding hydrogens is 278 g/mol. The molecule has 1 aliphatic carbocycles. The molecule has 3 rings (SSSR count). The topological polar surface area (TPSA) is 47.0 Å². The number of hydrogen-bond donors (Lipinski definition) is 1. The number of fused-ring (bicyclic) bond motifs is 1. The summed E-state index contributed by atoms with van der Waals surface area (Å²) in [5.41, 5.74) is 3.19. The molecule has 1 atom stereocenters. The van der Waals surface area contributed by atoms with Crippen LogP contribution in [0.15, 0.2) is 11.7 Å². The van der Waals surface area contributed by atoms with Gasteiger partial charge >= 0.3 is 0 Å². The fraction of sp³-hybridized carbons (Fsp3) is 0.538. The first-order valence-corrected chi connectivity index (χ1v) is 8.17. The molecule has 0 aromatic carbocycles. The summed E-state index contributed by atoms with van der Waals surface area (Å²) in [7, 11) is 1.72. The average Bonchev–Trinajstić information content (AvgIpc) is 3.10. The highest BCUT2D eigenvalue weighted by atomic mass is 32.1. The van der Waals surface area contributed by atoms with Crippen molar-refractivity contribution in [3.8, 4) is 0 Å². The third-order valence-corrected chi connectivity index (χ3v) is 5.31. The van der Waals surface area contributed by atoms with E-state index in [-0.39, 0.29) is 6.04 Å². The van der Waals surface area contributed by atoms with E-state index in [4.69, 9.17) is 9.72 Å². The standard InChI is InChI=1S/C13H17N3OS2/c1-17-6-5-15-12(11-7-14-8-18-11)13-16-9-3-2-4-10(9)19-13/h7-8,12,15H,2-6H2,1H3. The zero-order chi connectivity index (χ0) is 13.1. The van der Waals surface area contributed by atoms with Crippen LogP contribution in [0.2, 0.25) is 0 Å². The van der Waals surface area contributed by atoms with Gasteiger partial charge in [0.15, 0.2) is 0 Å². The highest BCUT2D eigenvalue weighted by Gasteiger charge is 2.23. The van der Waals surface area contributed by atoms with Crippen LogP contribution < -0.4 is 5.32 Å². The first-order valence-electron chi connectivity index (χ1n) is 6.47. The number of thiazole rings is 2. The molecule has 0 saturated carbocycles. The maximum Gasteiger partial charge on any atom is 0.116 e. The quantitative estimate of drug-likeness (QED) is 0.831. The summed E-state index contributed by atoms with van der Waals surface area (Å²) in [6.07, 6.45) is 5.53. The van der Waals surface area contributed by atoms with Gasteiger partial charge in [-0.2, -0.15) is 0 Å². The SMILES string of the molecule is COCCNC(c1cncs1)c1nc2c(s1)CCC2. The number of aromatic nitrogens is 2. The van der Waals surface area contributed by atoms with Crippen LogP contribution in [0, 0.1) is 0 Å². The molecule has 1 aliphatic rings. The maximum absolute atomic E-state index is 5.12. The third-order valence-electron chi connectivity index (χ3n) is 3.25. The van der Waals surface area contributed by atoms with Crippen molar-refractivity contribution in [1.29, 1.82) is 0 Å². The molecule has 4 nitrogen and oxygen atoms in total. The molecule has 2 aromatic heterocycles. The van der Waals surface area contributed by atoms with E-state index < -0.39 is 0 Å². The fourth-order valence-corrected chi connectivity index (χ4v) is 4.34. The van der Waals surface area contributed by atoms with Gasteiger partial charge in [0.25, 0.3) is 0 Å². The molecule has 0 radical (unpaired) electrons. The van der Waals surface area contributed by atoms with Gasteiger partial charge in [0.2, 0.25) is 0 Å². The van der Waals surface area contributed by atoms with E-state index in [2.05, 4.69) is 10.3 Å². The second-order valence-corrected chi connectivity index (χ2v) is 6.59. The number of rotatable bonds is 6. The van der Waals surface area contributed by atoms with Crippen LogP contribution >= 0.6 is 22.7 Å². The summed E-state index contributed by atoms with van der Waals surface area (Å²) in [4.78, 5) is 11.7. The minimum atomic E-state index is 0.165. The van der Waals surface area contributed by atoms with Crippen molar-refractivity contribution >= 4 is 22.7 Å². The molecule has 102 valence electrons. The maximum atomic E-state index is 5.12. The lowest BCUT2D eigenvalue weighted by Gasteiger charge is -2.14. The van der Waals surface area contributed by atoms with Crippen LogP contribution in [0.5, 0.6) is 0 Å². The Morgan fingerprint density at radius 2 is 2.42 bits per heavy atom. The van der Waals surface area contributed by atoms with E-state index in [1.807, 2.05) is 23.0 Å². The highest BCUT2D eigenvalue weighted by Crippen LogP contribution is 2.34. The van der Waals surface area contributed by atoms with Gasteiger partial charge in [-0.1, -0.05) is 0 Å². The fourth-order valence-electron chi connectivity index (χ4n) is 2.32. The number of aryl methyl sites for hydroxylation is 2. The van der Waals surface area contributed by atoms with E-state index in [1.54, 1.807) is 18.4 Å². The molecular formula is C13H17N3OS2. The smallest absolute Gasteiger partial charge is 0.116 e. The van der Waals surface area contributed by atoms with Crippen molar-refractivity contribution in [2.45, 2.75) is 25.3 Å². The zero-order valence-electron chi connectivity index (χ0n) is 10.9. The predicted molar refractivity (Wildman–Crippen MR) is 78.0 cm³/mol. The van der Waals surface area contributed by atoms with Gasteiger partial charge in [0, 0.05) is 29.6 Å². The molecule has 0 bridgehead atoms. The lowest BCUT2D eigenvalue weighted by atomic mass is 10.2. The van der Waals surface area contributed by atoms with Gasteiger partial charge in [-0.25, -0.2) is 4.98 Å². The summed E-state index contributed by atoms with van der Waals surface area (Å²) in [5.74, 6) is 0. The van der Waals surface area contributed by atoms with Gasteiger partial charge < -0.3 is 10.1 Å². The lowest BCUT2D eigenvalue weighted by molar-refractivity contribution is 0.197. The van der Waals surface area contributed by atoms with Crippen molar-refractivity contribution in [2.75, 3.05) is 20.3 Å². The van der Waals surface area contributed by atoms with E-state index in [1.165, 1.54) is 33.3 Å². The Hall–Kier alpha value is -0.820. The molecule has 2 heterocycles. The molecule has 1 N–H and O–H groups in total. The Kier molecular flexibility index (Phi) is 4.22. The summed E-state index contributed by atoms with van der Waals surface area (Å²) in [5, 5.41) is 4.69. The Balaban J connectivity index is 1.81. The number of ether oxygens (including phenoxy) is 1. The first kappa shape index (κ1) is 13.2. The minimum Gasteiger partial charge on any atom is -0.383 e. The highest BCUT2D eigenvalue weighted by molar-refractivity contribution is 7.12. The summed E-state index contributed by atoms with van der Waals surface area (Å²) >= 11 is 3.53. The van der Waals surface area contributed by atoms with Gasteiger partial charge in [-0.05, 0) is 19.3 Å². The van der Waals surface area contributed by atoms with E-state index >= 15 is 0 Å². The molecule has 0 fully saturated rings. The van der Waals surface area contributed by atoms with Gasteiger partial charge in [-0.15, -0.1) is 22.7 Å². The van der Waals surface area contributed by atoms with Crippen molar-refractivity contribution in [2.24, 2.45) is 0 Å². The summed E-state index contributed by atoms with van der Waals surface area (Å²) < 4.78 is 5.12. The average molecular weight is 295 g/mol. The number of hydrogen-bond acceptors (Lipinski definition) is 6. The molecule has 0 aliphatic heterocycles. The van der Waals surface area contributed by atoms with Crippen LogP contribution in [0.4, 0.5) is 0 Å². The van der Waals surface area contributed by atoms with Crippen molar-refractivity contribution in [3.63, 3.8) is 0 Å². The van der Waals surface area contributed by atoms with Gasteiger partial charge in [0.1, 0.15) is 5.01 Å². The molecule has 19 heavy (non-hydrogen) atoms. The van der Waals surface area contributed by atoms with E-state index in [9.17, 15) is 0 Å². The second kappa shape index (κ2) is 6.09. The third kappa shape index (κ3) is 2.86. The van der Waals surface area contributed by atoms with Crippen LogP contribution in [0.3, 0.4) is 0 Å². The van der Waals surface area contributed by atoms with E-state index in [0.717, 1.165) is 13.0 Å². The Labute approximate surface area is 120 Å². The predicted octanol–water partition coefficient (Wildman–Crippen LogP) is 2.41. The normalized spacial score (nSPS) is 15.6. The Morgan fingerprint density at radius 3 is 3.16 bits per heavy atom. The molecule has 0 amide bonds. The van der Waals surface area contributed by atoms with Gasteiger partial charge in [0.05, 0.1) is 23.9 Å². The Morgan fingerprint density at radius 1 is 1.47 bits per heavy atom. The molecule has 0 saturated heterocycles. The largest absolute Gasteiger partial charge is 0.383 e. The number of methoxy groups -OCH3 is 1. The summed E-state index contributed by atoms with van der Waals surface area (Å²) in [6, 6.07) is 0.165. The van der Waals surface area contributed by atoms with E-state index in [0.29, 0.717) is 6.61 Å². The lowest BCUT2D eigenvalue weighted by Crippen LogP contribution is -2.25. The molecule has 1 unspecified atom stereocenters. The number of nitrogens with zero attached hydrogens (tertiary/aromatic N) is 2.